The predicted molar refractivity (Wildman–Crippen MR) is 51.6 cm³/mol. The molecule has 76 valence electrons. The molecule has 0 spiro atoms. The Balaban J connectivity index is 2.60. The molecule has 14 heavy (non-hydrogen) atoms. The molecule has 1 saturated heterocycles. The van der Waals surface area contributed by atoms with Gasteiger partial charge in [0, 0.05) is 19.6 Å². The van der Waals surface area contributed by atoms with Gasteiger partial charge in [-0.3, -0.25) is 9.69 Å². The summed E-state index contributed by atoms with van der Waals surface area (Å²) in [4.78, 5) is 13.0. The number of piperidine rings is 1. The highest BCUT2D eigenvalue weighted by Gasteiger charge is 2.41. The Morgan fingerprint density at radius 2 is 2.21 bits per heavy atom. The summed E-state index contributed by atoms with van der Waals surface area (Å²) in [5.74, 6) is -0.988. The van der Waals surface area contributed by atoms with Crippen LogP contribution >= 0.6 is 0 Å². The number of nitriles is 1. The van der Waals surface area contributed by atoms with Gasteiger partial charge in [0.25, 0.3) is 0 Å². The second kappa shape index (κ2) is 4.25. The van der Waals surface area contributed by atoms with Crippen LogP contribution in [0.4, 0.5) is 0 Å². The zero-order valence-corrected chi connectivity index (χ0v) is 8.07. The molecule has 4 heteroatoms. The van der Waals surface area contributed by atoms with Crippen molar-refractivity contribution in [2.45, 2.75) is 12.8 Å². The maximum Gasteiger partial charge on any atom is 0.324 e. The van der Waals surface area contributed by atoms with Crippen molar-refractivity contribution in [1.82, 2.24) is 4.90 Å². The average molecular weight is 194 g/mol. The van der Waals surface area contributed by atoms with E-state index in [1.807, 2.05) is 6.07 Å². The molecule has 0 radical (unpaired) electrons. The van der Waals surface area contributed by atoms with Gasteiger partial charge in [-0.1, -0.05) is 6.08 Å². The Bertz CT molecular complexity index is 272. The molecule has 0 atom stereocenters. The van der Waals surface area contributed by atoms with Crippen molar-refractivity contribution in [3.05, 3.63) is 12.7 Å². The second-order valence-electron chi connectivity index (χ2n) is 3.59. The fourth-order valence-corrected chi connectivity index (χ4v) is 1.67. The van der Waals surface area contributed by atoms with Crippen LogP contribution in [0.3, 0.4) is 0 Å². The fraction of sp³-hybridized carbons (Fsp3) is 0.600. The molecule has 4 nitrogen and oxygen atoms in total. The molecule has 0 aromatic heterocycles. The Labute approximate surface area is 83.4 Å². The quantitative estimate of drug-likeness (QED) is 0.677. The third-order valence-electron chi connectivity index (χ3n) is 2.72. The van der Waals surface area contributed by atoms with Gasteiger partial charge in [0.1, 0.15) is 0 Å². The number of carboxylic acids is 1. The molecular formula is C10H14N2O2. The first-order valence-corrected chi connectivity index (χ1v) is 4.62. The maximum atomic E-state index is 10.9. The summed E-state index contributed by atoms with van der Waals surface area (Å²) in [6, 6.07) is 1.93. The summed E-state index contributed by atoms with van der Waals surface area (Å²) in [5, 5.41) is 17.8. The van der Waals surface area contributed by atoms with Crippen LogP contribution in [0.15, 0.2) is 12.7 Å². The first-order chi connectivity index (χ1) is 6.64. The molecule has 1 N–H and O–H groups in total. The molecule has 0 saturated carbocycles. The van der Waals surface area contributed by atoms with E-state index >= 15 is 0 Å². The SMILES string of the molecule is C=CCN1CCC(C#N)(C(=O)O)CC1. The predicted octanol–water partition coefficient (Wildman–Crippen LogP) is 0.863. The number of rotatable bonds is 3. The summed E-state index contributed by atoms with van der Waals surface area (Å²) in [7, 11) is 0. The van der Waals surface area contributed by atoms with Crippen LogP contribution in [0.2, 0.25) is 0 Å². The molecule has 0 aromatic carbocycles. The van der Waals surface area contributed by atoms with Crippen molar-refractivity contribution in [2.75, 3.05) is 19.6 Å². The third kappa shape index (κ3) is 1.94. The van der Waals surface area contributed by atoms with Crippen LogP contribution in [0, 0.1) is 16.7 Å². The van der Waals surface area contributed by atoms with Crippen LogP contribution < -0.4 is 0 Å². The number of nitrogens with zero attached hydrogens (tertiary/aromatic N) is 2. The lowest BCUT2D eigenvalue weighted by Gasteiger charge is -2.33. The van der Waals surface area contributed by atoms with E-state index in [-0.39, 0.29) is 0 Å². The Morgan fingerprint density at radius 3 is 2.57 bits per heavy atom. The number of hydrogen-bond donors (Lipinski definition) is 1. The molecular weight excluding hydrogens is 180 g/mol. The zero-order chi connectivity index (χ0) is 10.6. The number of likely N-dealkylation sites (tertiary alicyclic amines) is 1. The van der Waals surface area contributed by atoms with Crippen molar-refractivity contribution < 1.29 is 9.90 Å². The van der Waals surface area contributed by atoms with Gasteiger partial charge in [0.2, 0.25) is 0 Å². The van der Waals surface area contributed by atoms with Gasteiger partial charge in [-0.2, -0.15) is 5.26 Å². The minimum atomic E-state index is -1.16. The monoisotopic (exact) mass is 194 g/mol. The standard InChI is InChI=1S/C10H14N2O2/c1-2-5-12-6-3-10(8-11,4-7-12)9(13)14/h2H,1,3-7H2,(H,13,14). The minimum Gasteiger partial charge on any atom is -0.480 e. The summed E-state index contributed by atoms with van der Waals surface area (Å²) >= 11 is 0. The third-order valence-corrected chi connectivity index (χ3v) is 2.72. The second-order valence-corrected chi connectivity index (χ2v) is 3.59. The van der Waals surface area contributed by atoms with Gasteiger partial charge in [-0.05, 0) is 12.8 Å². The molecule has 0 unspecified atom stereocenters. The first kappa shape index (κ1) is 10.7. The molecule has 1 heterocycles. The van der Waals surface area contributed by atoms with E-state index < -0.39 is 11.4 Å². The lowest BCUT2D eigenvalue weighted by atomic mass is 9.80. The van der Waals surface area contributed by atoms with Crippen molar-refractivity contribution >= 4 is 5.97 Å². The van der Waals surface area contributed by atoms with Gasteiger partial charge in [-0.15, -0.1) is 6.58 Å². The number of hydrogen-bond acceptors (Lipinski definition) is 3. The number of aliphatic carboxylic acids is 1. The van der Waals surface area contributed by atoms with Crippen LogP contribution in [0.25, 0.3) is 0 Å². The lowest BCUT2D eigenvalue weighted by Crippen LogP contribution is -2.43. The Morgan fingerprint density at radius 1 is 1.64 bits per heavy atom. The smallest absolute Gasteiger partial charge is 0.324 e. The average Bonchev–Trinajstić information content (AvgIpc) is 2.19. The van der Waals surface area contributed by atoms with Crippen molar-refractivity contribution in [1.29, 1.82) is 5.26 Å². The highest BCUT2D eigenvalue weighted by Crippen LogP contribution is 2.30. The Hall–Kier alpha value is -1.34. The van der Waals surface area contributed by atoms with E-state index in [4.69, 9.17) is 10.4 Å². The normalized spacial score (nSPS) is 21.1. The summed E-state index contributed by atoms with van der Waals surface area (Å²) in [6.45, 7) is 5.71. The molecule has 1 aliphatic rings. The molecule has 0 amide bonds. The van der Waals surface area contributed by atoms with Gasteiger partial charge in [0.15, 0.2) is 5.41 Å². The highest BCUT2D eigenvalue weighted by molar-refractivity contribution is 5.78. The van der Waals surface area contributed by atoms with E-state index in [2.05, 4.69) is 11.5 Å². The van der Waals surface area contributed by atoms with E-state index in [1.54, 1.807) is 6.08 Å². The lowest BCUT2D eigenvalue weighted by molar-refractivity contribution is -0.147. The minimum absolute atomic E-state index is 0.409. The zero-order valence-electron chi connectivity index (χ0n) is 8.07. The summed E-state index contributed by atoms with van der Waals surface area (Å²) in [6.07, 6.45) is 2.61. The van der Waals surface area contributed by atoms with Gasteiger partial charge >= 0.3 is 5.97 Å². The van der Waals surface area contributed by atoms with E-state index in [1.165, 1.54) is 0 Å². The molecule has 1 fully saturated rings. The molecule has 0 aromatic rings. The largest absolute Gasteiger partial charge is 0.480 e. The summed E-state index contributed by atoms with van der Waals surface area (Å²) in [5.41, 5.74) is -1.16. The Kier molecular flexibility index (Phi) is 3.26. The van der Waals surface area contributed by atoms with Crippen LogP contribution in [0.1, 0.15) is 12.8 Å². The number of carboxylic acid groups (broad SMARTS) is 1. The van der Waals surface area contributed by atoms with Gasteiger partial charge in [0.05, 0.1) is 6.07 Å². The van der Waals surface area contributed by atoms with E-state index in [9.17, 15) is 4.79 Å². The van der Waals surface area contributed by atoms with Crippen molar-refractivity contribution in [3.8, 4) is 6.07 Å². The molecule has 1 rings (SSSR count). The van der Waals surface area contributed by atoms with Gasteiger partial charge in [-0.25, -0.2) is 0 Å². The van der Waals surface area contributed by atoms with Crippen molar-refractivity contribution in [2.24, 2.45) is 5.41 Å². The van der Waals surface area contributed by atoms with E-state index in [0.717, 1.165) is 6.54 Å². The highest BCUT2D eigenvalue weighted by atomic mass is 16.4. The topological polar surface area (TPSA) is 64.3 Å². The maximum absolute atomic E-state index is 10.9. The fourth-order valence-electron chi connectivity index (χ4n) is 1.67. The van der Waals surface area contributed by atoms with Crippen LogP contribution in [0.5, 0.6) is 0 Å². The van der Waals surface area contributed by atoms with Crippen molar-refractivity contribution in [3.63, 3.8) is 0 Å². The molecule has 0 aliphatic carbocycles. The van der Waals surface area contributed by atoms with Gasteiger partial charge < -0.3 is 5.11 Å². The molecule has 0 bridgehead atoms. The number of carbonyl (C=O) groups is 1. The van der Waals surface area contributed by atoms with E-state index in [0.29, 0.717) is 25.9 Å². The first-order valence-electron chi connectivity index (χ1n) is 4.62. The van der Waals surface area contributed by atoms with Crippen LogP contribution in [-0.4, -0.2) is 35.6 Å². The molecule has 1 aliphatic heterocycles. The summed E-state index contributed by atoms with van der Waals surface area (Å²) < 4.78 is 0. The van der Waals surface area contributed by atoms with Crippen LogP contribution in [-0.2, 0) is 4.79 Å².